The van der Waals surface area contributed by atoms with E-state index in [2.05, 4.69) is 19.9 Å². The normalized spacial score (nSPS) is 39.0. The maximum Gasteiger partial charge on any atom is 0.0690 e. The molecular weight excluding hydrogens is 258 g/mol. The second-order valence-corrected chi connectivity index (χ2v) is 8.35. The SMILES string of the molecule is CC(C)C1CCC(C#N)(CC2CCC3(CCCC3)O2)CC1. The van der Waals surface area contributed by atoms with Gasteiger partial charge >= 0.3 is 0 Å². The van der Waals surface area contributed by atoms with E-state index in [-0.39, 0.29) is 11.0 Å². The molecule has 1 spiro atoms. The average molecular weight is 289 g/mol. The van der Waals surface area contributed by atoms with E-state index in [0.29, 0.717) is 6.10 Å². The standard InChI is InChI=1S/C19H31NO/c1-15(2)16-5-10-18(14-20,11-6-16)13-17-7-12-19(21-17)8-3-4-9-19/h15-17H,3-13H2,1-2H3. The lowest BCUT2D eigenvalue weighted by Gasteiger charge is -2.38. The summed E-state index contributed by atoms with van der Waals surface area (Å²) in [6, 6.07) is 2.70. The van der Waals surface area contributed by atoms with Crippen LogP contribution in [0, 0.1) is 28.6 Å². The number of ether oxygens (including phenoxy) is 1. The quantitative estimate of drug-likeness (QED) is 0.713. The van der Waals surface area contributed by atoms with Crippen molar-refractivity contribution in [2.75, 3.05) is 0 Å². The molecule has 0 aromatic rings. The predicted octanol–water partition coefficient (Wildman–Crippen LogP) is 5.22. The van der Waals surface area contributed by atoms with Crippen LogP contribution in [0.3, 0.4) is 0 Å². The van der Waals surface area contributed by atoms with Crippen LogP contribution >= 0.6 is 0 Å². The molecule has 2 aliphatic carbocycles. The highest BCUT2D eigenvalue weighted by Crippen LogP contribution is 2.49. The van der Waals surface area contributed by atoms with E-state index in [0.717, 1.165) is 31.1 Å². The fraction of sp³-hybridized carbons (Fsp3) is 0.947. The summed E-state index contributed by atoms with van der Waals surface area (Å²) in [7, 11) is 0. The highest BCUT2D eigenvalue weighted by molar-refractivity contribution is 5.05. The van der Waals surface area contributed by atoms with Gasteiger partial charge in [0.1, 0.15) is 0 Å². The first-order chi connectivity index (χ1) is 10.1. The van der Waals surface area contributed by atoms with Gasteiger partial charge in [0.05, 0.1) is 23.2 Å². The molecule has 2 nitrogen and oxygen atoms in total. The Morgan fingerprint density at radius 2 is 1.71 bits per heavy atom. The average Bonchev–Trinajstić information content (AvgIpc) is 3.10. The van der Waals surface area contributed by atoms with Crippen LogP contribution in [0.2, 0.25) is 0 Å². The maximum absolute atomic E-state index is 9.78. The molecule has 0 N–H and O–H groups in total. The summed E-state index contributed by atoms with van der Waals surface area (Å²) in [6.45, 7) is 4.65. The molecule has 3 fully saturated rings. The zero-order valence-corrected chi connectivity index (χ0v) is 13.9. The zero-order valence-electron chi connectivity index (χ0n) is 13.9. The van der Waals surface area contributed by atoms with Crippen LogP contribution in [0.1, 0.15) is 84.5 Å². The van der Waals surface area contributed by atoms with E-state index >= 15 is 0 Å². The van der Waals surface area contributed by atoms with Crippen LogP contribution in [0.5, 0.6) is 0 Å². The summed E-state index contributed by atoms with van der Waals surface area (Å²) in [5.41, 5.74) is 0.136. The Morgan fingerprint density at radius 3 is 2.29 bits per heavy atom. The molecule has 0 aromatic carbocycles. The summed E-state index contributed by atoms with van der Waals surface area (Å²) in [5.74, 6) is 1.60. The van der Waals surface area contributed by atoms with Gasteiger partial charge in [0.15, 0.2) is 0 Å². The maximum atomic E-state index is 9.78. The molecule has 0 bridgehead atoms. The van der Waals surface area contributed by atoms with Gasteiger partial charge in [0, 0.05) is 0 Å². The monoisotopic (exact) mass is 289 g/mol. The van der Waals surface area contributed by atoms with Crippen molar-refractivity contribution in [2.45, 2.75) is 96.2 Å². The van der Waals surface area contributed by atoms with Crippen LogP contribution in [0.25, 0.3) is 0 Å². The fourth-order valence-electron chi connectivity index (χ4n) is 5.08. The highest BCUT2D eigenvalue weighted by Gasteiger charge is 2.46. The highest BCUT2D eigenvalue weighted by atomic mass is 16.5. The number of nitrogens with zero attached hydrogens (tertiary/aromatic N) is 1. The summed E-state index contributed by atoms with van der Waals surface area (Å²) in [5, 5.41) is 9.78. The van der Waals surface area contributed by atoms with Crippen LogP contribution in [0.4, 0.5) is 0 Å². The van der Waals surface area contributed by atoms with Gasteiger partial charge < -0.3 is 4.74 Å². The Bertz CT molecular complexity index is 394. The Kier molecular flexibility index (Phi) is 4.33. The molecule has 2 heteroatoms. The van der Waals surface area contributed by atoms with Crippen LogP contribution in [-0.4, -0.2) is 11.7 Å². The molecule has 1 unspecified atom stereocenters. The Labute approximate surface area is 130 Å². The number of nitriles is 1. The van der Waals surface area contributed by atoms with Crippen LogP contribution in [-0.2, 0) is 4.74 Å². The third-order valence-corrected chi connectivity index (χ3v) is 6.64. The molecule has 0 amide bonds. The van der Waals surface area contributed by atoms with Crippen molar-refractivity contribution in [3.63, 3.8) is 0 Å². The van der Waals surface area contributed by atoms with E-state index in [9.17, 15) is 5.26 Å². The molecule has 1 heterocycles. The molecule has 21 heavy (non-hydrogen) atoms. The molecule has 0 aromatic heterocycles. The number of hydrogen-bond acceptors (Lipinski definition) is 2. The van der Waals surface area contributed by atoms with Gasteiger partial charge in [-0.3, -0.25) is 0 Å². The Hall–Kier alpha value is -0.550. The van der Waals surface area contributed by atoms with Gasteiger partial charge in [-0.1, -0.05) is 26.7 Å². The first-order valence-corrected chi connectivity index (χ1v) is 9.16. The summed E-state index contributed by atoms with van der Waals surface area (Å²) < 4.78 is 6.46. The molecule has 2 saturated carbocycles. The third kappa shape index (κ3) is 3.14. The van der Waals surface area contributed by atoms with E-state index in [1.54, 1.807) is 0 Å². The number of rotatable bonds is 3. The first-order valence-electron chi connectivity index (χ1n) is 9.16. The Balaban J connectivity index is 1.57. The van der Waals surface area contributed by atoms with Crippen LogP contribution in [0.15, 0.2) is 0 Å². The predicted molar refractivity (Wildman–Crippen MR) is 84.8 cm³/mol. The van der Waals surface area contributed by atoms with Crippen molar-refractivity contribution in [3.8, 4) is 6.07 Å². The van der Waals surface area contributed by atoms with Gasteiger partial charge in [-0.15, -0.1) is 0 Å². The van der Waals surface area contributed by atoms with E-state index < -0.39 is 0 Å². The molecule has 3 aliphatic rings. The molecule has 1 aliphatic heterocycles. The van der Waals surface area contributed by atoms with Crippen LogP contribution < -0.4 is 0 Å². The topological polar surface area (TPSA) is 33.0 Å². The van der Waals surface area contributed by atoms with Crippen molar-refractivity contribution in [1.29, 1.82) is 5.26 Å². The molecule has 1 saturated heterocycles. The molecule has 3 rings (SSSR count). The largest absolute Gasteiger partial charge is 0.372 e. The smallest absolute Gasteiger partial charge is 0.0690 e. The van der Waals surface area contributed by atoms with Crippen molar-refractivity contribution in [2.24, 2.45) is 17.3 Å². The first kappa shape index (κ1) is 15.3. The van der Waals surface area contributed by atoms with Crippen molar-refractivity contribution in [1.82, 2.24) is 0 Å². The summed E-state index contributed by atoms with van der Waals surface area (Å²) in [6.07, 6.45) is 13.7. The molecule has 118 valence electrons. The van der Waals surface area contributed by atoms with Gasteiger partial charge in [-0.25, -0.2) is 0 Å². The second kappa shape index (κ2) is 5.92. The zero-order chi connectivity index (χ0) is 14.9. The minimum Gasteiger partial charge on any atom is -0.372 e. The number of hydrogen-bond donors (Lipinski definition) is 0. The third-order valence-electron chi connectivity index (χ3n) is 6.64. The van der Waals surface area contributed by atoms with Gasteiger partial charge in [0.25, 0.3) is 0 Å². The van der Waals surface area contributed by atoms with E-state index in [4.69, 9.17) is 4.74 Å². The fourth-order valence-corrected chi connectivity index (χ4v) is 5.08. The molecule has 0 radical (unpaired) electrons. The molecular formula is C19H31NO. The lowest BCUT2D eigenvalue weighted by Crippen LogP contribution is -2.33. The lowest BCUT2D eigenvalue weighted by atomic mass is 9.66. The van der Waals surface area contributed by atoms with E-state index in [1.807, 2.05) is 0 Å². The van der Waals surface area contributed by atoms with Crippen molar-refractivity contribution >= 4 is 0 Å². The van der Waals surface area contributed by atoms with Crippen molar-refractivity contribution < 1.29 is 4.74 Å². The van der Waals surface area contributed by atoms with Crippen molar-refractivity contribution in [3.05, 3.63) is 0 Å². The lowest BCUT2D eigenvalue weighted by molar-refractivity contribution is -0.0530. The molecule has 1 atom stereocenters. The minimum atomic E-state index is -0.0831. The summed E-state index contributed by atoms with van der Waals surface area (Å²) >= 11 is 0. The minimum absolute atomic E-state index is 0.0831. The van der Waals surface area contributed by atoms with Gasteiger partial charge in [-0.05, 0) is 69.6 Å². The second-order valence-electron chi connectivity index (χ2n) is 8.35. The van der Waals surface area contributed by atoms with Gasteiger partial charge in [-0.2, -0.15) is 5.26 Å². The Morgan fingerprint density at radius 1 is 1.05 bits per heavy atom. The van der Waals surface area contributed by atoms with E-state index in [1.165, 1.54) is 51.4 Å². The van der Waals surface area contributed by atoms with Gasteiger partial charge in [0.2, 0.25) is 0 Å². The summed E-state index contributed by atoms with van der Waals surface area (Å²) in [4.78, 5) is 0.